The summed E-state index contributed by atoms with van der Waals surface area (Å²) in [5.74, 6) is -0.898. The van der Waals surface area contributed by atoms with Crippen LogP contribution in [0.2, 0.25) is 0 Å². The van der Waals surface area contributed by atoms with Gasteiger partial charge in [0.05, 0.1) is 17.9 Å². The number of hydrogen-bond acceptors (Lipinski definition) is 5. The first kappa shape index (κ1) is 15.7. The highest BCUT2D eigenvalue weighted by Crippen LogP contribution is 2.25. The molecule has 6 nitrogen and oxygen atoms in total. The normalized spacial score (nSPS) is 10.4. The largest absolute Gasteiger partial charge is 0.492 e. The first-order chi connectivity index (χ1) is 11.7. The van der Waals surface area contributed by atoms with Crippen LogP contribution in [0.4, 0.5) is 10.1 Å². The average molecular weight is 327 g/mol. The number of amides is 1. The molecule has 0 fully saturated rings. The first-order valence-electron chi connectivity index (χ1n) is 7.30. The fraction of sp³-hybridized carbons (Fsp3) is 0.118. The van der Waals surface area contributed by atoms with Crippen LogP contribution in [0.1, 0.15) is 17.6 Å². The minimum absolute atomic E-state index is 0.0589. The lowest BCUT2D eigenvalue weighted by Gasteiger charge is -2.09. The molecule has 0 aliphatic carbocycles. The van der Waals surface area contributed by atoms with Crippen molar-refractivity contribution in [1.82, 2.24) is 10.2 Å². The Morgan fingerprint density at radius 2 is 1.92 bits per heavy atom. The Kier molecular flexibility index (Phi) is 4.51. The molecule has 24 heavy (non-hydrogen) atoms. The molecule has 3 aromatic rings. The predicted molar refractivity (Wildman–Crippen MR) is 85.3 cm³/mol. The number of para-hydroxylation sites is 2. The maximum atomic E-state index is 13.7. The summed E-state index contributed by atoms with van der Waals surface area (Å²) in [5, 5.41) is 10.0. The zero-order chi connectivity index (χ0) is 16.9. The number of halogens is 1. The molecular formula is C17H14FN3O3. The van der Waals surface area contributed by atoms with Crippen molar-refractivity contribution < 1.29 is 18.3 Å². The second-order valence-corrected chi connectivity index (χ2v) is 4.78. The highest BCUT2D eigenvalue weighted by molar-refractivity contribution is 6.01. The van der Waals surface area contributed by atoms with E-state index in [-0.39, 0.29) is 17.3 Å². The lowest BCUT2D eigenvalue weighted by molar-refractivity contribution is 0.0990. The second-order valence-electron chi connectivity index (χ2n) is 4.78. The van der Waals surface area contributed by atoms with Crippen LogP contribution in [-0.2, 0) is 0 Å². The highest BCUT2D eigenvalue weighted by Gasteiger charge is 2.19. The number of carbonyl (C=O) groups excluding carboxylic acids is 1. The molecular weight excluding hydrogens is 313 g/mol. The zero-order valence-corrected chi connectivity index (χ0v) is 12.8. The molecule has 2 aromatic carbocycles. The topological polar surface area (TPSA) is 77.2 Å². The van der Waals surface area contributed by atoms with Crippen molar-refractivity contribution in [2.75, 3.05) is 11.9 Å². The molecule has 1 aromatic heterocycles. The number of anilines is 1. The van der Waals surface area contributed by atoms with Gasteiger partial charge in [-0.1, -0.05) is 24.3 Å². The van der Waals surface area contributed by atoms with E-state index >= 15 is 0 Å². The summed E-state index contributed by atoms with van der Waals surface area (Å²) in [5.41, 5.74) is 0.619. The van der Waals surface area contributed by atoms with Gasteiger partial charge in [-0.25, -0.2) is 4.39 Å². The minimum Gasteiger partial charge on any atom is -0.492 e. The van der Waals surface area contributed by atoms with Crippen molar-refractivity contribution in [3.63, 3.8) is 0 Å². The standard InChI is InChI=1S/C17H14FN3O3/c1-2-23-14-10-6-5-9-13(14)19-15(22)17-21-20-16(24-17)11-7-3-4-8-12(11)18/h3-10H,2H2,1H3,(H,19,22). The van der Waals surface area contributed by atoms with Crippen LogP contribution < -0.4 is 10.1 Å². The van der Waals surface area contributed by atoms with E-state index in [0.29, 0.717) is 18.0 Å². The lowest BCUT2D eigenvalue weighted by atomic mass is 10.2. The van der Waals surface area contributed by atoms with E-state index in [9.17, 15) is 9.18 Å². The predicted octanol–water partition coefficient (Wildman–Crippen LogP) is 3.53. The van der Waals surface area contributed by atoms with Gasteiger partial charge in [0.15, 0.2) is 0 Å². The van der Waals surface area contributed by atoms with Gasteiger partial charge in [0.2, 0.25) is 0 Å². The molecule has 0 aliphatic heterocycles. The molecule has 0 radical (unpaired) electrons. The van der Waals surface area contributed by atoms with Crippen molar-refractivity contribution in [2.45, 2.75) is 6.92 Å². The Bertz CT molecular complexity index is 864. The lowest BCUT2D eigenvalue weighted by Crippen LogP contribution is -2.13. The summed E-state index contributed by atoms with van der Waals surface area (Å²) in [6.07, 6.45) is 0. The molecule has 1 heterocycles. The van der Waals surface area contributed by atoms with E-state index in [1.807, 2.05) is 6.92 Å². The zero-order valence-electron chi connectivity index (χ0n) is 12.8. The molecule has 0 bridgehead atoms. The summed E-state index contributed by atoms with van der Waals surface area (Å²) in [4.78, 5) is 12.2. The number of ether oxygens (including phenoxy) is 1. The summed E-state index contributed by atoms with van der Waals surface area (Å²) in [6, 6.07) is 12.9. The molecule has 0 aliphatic rings. The third kappa shape index (κ3) is 3.24. The van der Waals surface area contributed by atoms with Gasteiger partial charge in [0, 0.05) is 0 Å². The average Bonchev–Trinajstić information content (AvgIpc) is 3.07. The summed E-state index contributed by atoms with van der Waals surface area (Å²) in [7, 11) is 0. The summed E-state index contributed by atoms with van der Waals surface area (Å²) >= 11 is 0. The Balaban J connectivity index is 1.81. The molecule has 0 spiro atoms. The molecule has 0 saturated carbocycles. The minimum atomic E-state index is -0.600. The van der Waals surface area contributed by atoms with Crippen molar-refractivity contribution in [1.29, 1.82) is 0 Å². The number of aromatic nitrogens is 2. The maximum absolute atomic E-state index is 13.7. The van der Waals surface area contributed by atoms with Crippen LogP contribution in [0.5, 0.6) is 5.75 Å². The van der Waals surface area contributed by atoms with Gasteiger partial charge in [-0.05, 0) is 31.2 Å². The van der Waals surface area contributed by atoms with Crippen LogP contribution in [0.3, 0.4) is 0 Å². The number of nitrogens with one attached hydrogen (secondary N) is 1. The maximum Gasteiger partial charge on any atom is 0.313 e. The van der Waals surface area contributed by atoms with Crippen LogP contribution in [-0.4, -0.2) is 22.7 Å². The van der Waals surface area contributed by atoms with E-state index in [1.165, 1.54) is 12.1 Å². The monoisotopic (exact) mass is 327 g/mol. The summed E-state index contributed by atoms with van der Waals surface area (Å²) < 4.78 is 24.4. The molecule has 7 heteroatoms. The van der Waals surface area contributed by atoms with Gasteiger partial charge >= 0.3 is 11.8 Å². The van der Waals surface area contributed by atoms with Gasteiger partial charge in [-0.15, -0.1) is 10.2 Å². The van der Waals surface area contributed by atoms with Crippen LogP contribution in [0.25, 0.3) is 11.5 Å². The van der Waals surface area contributed by atoms with Crippen LogP contribution >= 0.6 is 0 Å². The van der Waals surface area contributed by atoms with E-state index < -0.39 is 11.7 Å². The fourth-order valence-electron chi connectivity index (χ4n) is 2.09. The van der Waals surface area contributed by atoms with Gasteiger partial charge in [-0.3, -0.25) is 4.79 Å². The van der Waals surface area contributed by atoms with Gasteiger partial charge in [-0.2, -0.15) is 0 Å². The molecule has 1 N–H and O–H groups in total. The Morgan fingerprint density at radius 3 is 2.71 bits per heavy atom. The number of nitrogens with zero attached hydrogens (tertiary/aromatic N) is 2. The van der Waals surface area contributed by atoms with Crippen molar-refractivity contribution in [2.24, 2.45) is 0 Å². The Labute approximate surface area is 137 Å². The van der Waals surface area contributed by atoms with Crippen molar-refractivity contribution in [3.05, 3.63) is 60.2 Å². The molecule has 0 unspecified atom stereocenters. The van der Waals surface area contributed by atoms with E-state index in [4.69, 9.17) is 9.15 Å². The number of carbonyl (C=O) groups is 1. The van der Waals surface area contributed by atoms with E-state index in [2.05, 4.69) is 15.5 Å². The van der Waals surface area contributed by atoms with Crippen LogP contribution in [0, 0.1) is 5.82 Å². The number of rotatable bonds is 5. The number of hydrogen-bond donors (Lipinski definition) is 1. The van der Waals surface area contributed by atoms with Gasteiger partial charge in [0.1, 0.15) is 11.6 Å². The number of benzene rings is 2. The molecule has 1 amide bonds. The smallest absolute Gasteiger partial charge is 0.313 e. The van der Waals surface area contributed by atoms with Gasteiger partial charge in [0.25, 0.3) is 5.89 Å². The quantitative estimate of drug-likeness (QED) is 0.776. The van der Waals surface area contributed by atoms with Crippen LogP contribution in [0.15, 0.2) is 52.9 Å². The fourth-order valence-corrected chi connectivity index (χ4v) is 2.09. The summed E-state index contributed by atoms with van der Waals surface area (Å²) in [6.45, 7) is 2.31. The first-order valence-corrected chi connectivity index (χ1v) is 7.30. The highest BCUT2D eigenvalue weighted by atomic mass is 19.1. The SMILES string of the molecule is CCOc1ccccc1NC(=O)c1nnc(-c2ccccc2F)o1. The second kappa shape index (κ2) is 6.91. The third-order valence-electron chi connectivity index (χ3n) is 3.16. The molecule has 0 atom stereocenters. The van der Waals surface area contributed by atoms with E-state index in [0.717, 1.165) is 0 Å². The third-order valence-corrected chi connectivity index (χ3v) is 3.16. The van der Waals surface area contributed by atoms with Crippen molar-refractivity contribution in [3.8, 4) is 17.2 Å². The van der Waals surface area contributed by atoms with Gasteiger partial charge < -0.3 is 14.5 Å². The molecule has 3 rings (SSSR count). The Hall–Kier alpha value is -3.22. The van der Waals surface area contributed by atoms with Crippen molar-refractivity contribution >= 4 is 11.6 Å². The molecule has 122 valence electrons. The van der Waals surface area contributed by atoms with E-state index in [1.54, 1.807) is 36.4 Å². The Morgan fingerprint density at radius 1 is 1.17 bits per heavy atom. The molecule has 0 saturated heterocycles.